The first-order valence-corrected chi connectivity index (χ1v) is 5.94. The molecule has 0 bridgehead atoms. The molecular weight excluding hydrogens is 254 g/mol. The molecule has 8 heteroatoms. The molecule has 1 amide bonds. The van der Waals surface area contributed by atoms with Crippen molar-refractivity contribution < 1.29 is 19.9 Å². The zero-order valence-corrected chi connectivity index (χ0v) is 10.4. The molecule has 0 spiro atoms. The largest absolute Gasteiger partial charge is 0.388 e. The molecule has 0 unspecified atom stereocenters. The monoisotopic (exact) mass is 269 g/mol. The van der Waals surface area contributed by atoms with Crippen molar-refractivity contribution in [2.45, 2.75) is 25.7 Å². The van der Waals surface area contributed by atoms with Crippen LogP contribution in [0.2, 0.25) is 0 Å². The van der Waals surface area contributed by atoms with Crippen LogP contribution in [0.4, 0.5) is 5.69 Å². The fourth-order valence-electron chi connectivity index (χ4n) is 2.13. The summed E-state index contributed by atoms with van der Waals surface area (Å²) in [4.78, 5) is 23.7. The summed E-state index contributed by atoms with van der Waals surface area (Å²) in [6, 6.07) is 1.21. The van der Waals surface area contributed by atoms with Crippen LogP contribution < -0.4 is 0 Å². The number of rotatable bonds is 3. The van der Waals surface area contributed by atoms with Gasteiger partial charge in [-0.15, -0.1) is 0 Å². The zero-order chi connectivity index (χ0) is 14.2. The summed E-state index contributed by atoms with van der Waals surface area (Å²) in [6.45, 7) is 2.26. The molecule has 1 aromatic rings. The van der Waals surface area contributed by atoms with Gasteiger partial charge >= 0.3 is 0 Å². The van der Waals surface area contributed by atoms with Crippen molar-refractivity contribution in [3.63, 3.8) is 0 Å². The SMILES string of the molecule is CCn1cc([N+](=O)[O-])cc1C(=O)N1C[C@@H](O)[C@@H](O)C1. The second kappa shape index (κ2) is 4.98. The molecule has 0 aliphatic carbocycles. The molecule has 0 radical (unpaired) electrons. The highest BCUT2D eigenvalue weighted by Gasteiger charge is 2.34. The van der Waals surface area contributed by atoms with E-state index in [4.69, 9.17) is 0 Å². The molecule has 0 saturated carbocycles. The standard InChI is InChI=1S/C11H15N3O5/c1-2-12-4-7(14(18)19)3-8(12)11(17)13-5-9(15)10(16)6-13/h3-4,9-10,15-16H,2,5-6H2,1H3/t9-,10+. The minimum absolute atomic E-state index is 0.0304. The first kappa shape index (κ1) is 13.5. The Morgan fingerprint density at radius 3 is 2.53 bits per heavy atom. The second-order valence-electron chi connectivity index (χ2n) is 4.47. The van der Waals surface area contributed by atoms with Gasteiger partial charge < -0.3 is 19.7 Å². The molecule has 2 atom stereocenters. The van der Waals surface area contributed by atoms with Crippen molar-refractivity contribution in [2.24, 2.45) is 0 Å². The first-order chi connectivity index (χ1) is 8.93. The Hall–Kier alpha value is -1.93. The van der Waals surface area contributed by atoms with Crippen molar-refractivity contribution in [3.05, 3.63) is 28.1 Å². The van der Waals surface area contributed by atoms with Crippen molar-refractivity contribution in [3.8, 4) is 0 Å². The number of amides is 1. The van der Waals surface area contributed by atoms with E-state index in [2.05, 4.69) is 0 Å². The van der Waals surface area contributed by atoms with Crippen LogP contribution in [0.1, 0.15) is 17.4 Å². The van der Waals surface area contributed by atoms with Gasteiger partial charge in [0.15, 0.2) is 0 Å². The Morgan fingerprint density at radius 1 is 1.47 bits per heavy atom. The lowest BCUT2D eigenvalue weighted by atomic mass is 10.3. The number of carbonyl (C=O) groups is 1. The van der Waals surface area contributed by atoms with Crippen LogP contribution in [-0.2, 0) is 6.54 Å². The highest BCUT2D eigenvalue weighted by Crippen LogP contribution is 2.20. The third-order valence-corrected chi connectivity index (χ3v) is 3.20. The number of aliphatic hydroxyl groups excluding tert-OH is 2. The molecule has 1 aliphatic heterocycles. The van der Waals surface area contributed by atoms with Crippen molar-refractivity contribution in [1.29, 1.82) is 0 Å². The average Bonchev–Trinajstić information content (AvgIpc) is 2.93. The van der Waals surface area contributed by atoms with E-state index in [-0.39, 0.29) is 24.5 Å². The second-order valence-corrected chi connectivity index (χ2v) is 4.47. The Bertz CT molecular complexity index is 502. The Morgan fingerprint density at radius 2 is 2.05 bits per heavy atom. The number of hydrogen-bond acceptors (Lipinski definition) is 5. The van der Waals surface area contributed by atoms with Crippen LogP contribution in [-0.4, -0.2) is 55.8 Å². The maximum absolute atomic E-state index is 12.2. The van der Waals surface area contributed by atoms with E-state index < -0.39 is 23.0 Å². The fraction of sp³-hybridized carbons (Fsp3) is 0.545. The first-order valence-electron chi connectivity index (χ1n) is 5.94. The summed E-state index contributed by atoms with van der Waals surface area (Å²) in [7, 11) is 0. The van der Waals surface area contributed by atoms with Gasteiger partial charge in [0.25, 0.3) is 11.6 Å². The van der Waals surface area contributed by atoms with E-state index in [9.17, 15) is 25.1 Å². The van der Waals surface area contributed by atoms with Crippen LogP contribution >= 0.6 is 0 Å². The summed E-state index contributed by atoms with van der Waals surface area (Å²) in [5.74, 6) is -0.425. The number of aliphatic hydroxyl groups is 2. The predicted octanol–water partition coefficient (Wildman–Crippen LogP) is -0.406. The smallest absolute Gasteiger partial charge is 0.287 e. The van der Waals surface area contributed by atoms with E-state index in [1.54, 1.807) is 6.92 Å². The molecule has 1 fully saturated rings. The number of carbonyl (C=O) groups excluding carboxylic acids is 1. The molecule has 104 valence electrons. The lowest BCUT2D eigenvalue weighted by molar-refractivity contribution is -0.384. The van der Waals surface area contributed by atoms with Gasteiger partial charge in [0.1, 0.15) is 5.69 Å². The lowest BCUT2D eigenvalue weighted by Crippen LogP contribution is -2.31. The van der Waals surface area contributed by atoms with E-state index in [1.165, 1.54) is 21.7 Å². The lowest BCUT2D eigenvalue weighted by Gasteiger charge is -2.16. The van der Waals surface area contributed by atoms with Crippen molar-refractivity contribution in [1.82, 2.24) is 9.47 Å². The number of nitro groups is 1. The maximum atomic E-state index is 12.2. The van der Waals surface area contributed by atoms with Crippen molar-refractivity contribution >= 4 is 11.6 Å². The number of aryl methyl sites for hydroxylation is 1. The summed E-state index contributed by atoms with van der Waals surface area (Å²) in [5, 5.41) is 29.6. The van der Waals surface area contributed by atoms with Crippen LogP contribution in [0.15, 0.2) is 12.3 Å². The van der Waals surface area contributed by atoms with Gasteiger partial charge in [0, 0.05) is 25.7 Å². The molecule has 2 heterocycles. The Kier molecular flexibility index (Phi) is 3.54. The minimum Gasteiger partial charge on any atom is -0.388 e. The predicted molar refractivity (Wildman–Crippen MR) is 64.7 cm³/mol. The maximum Gasteiger partial charge on any atom is 0.287 e. The summed E-state index contributed by atoms with van der Waals surface area (Å²) in [6.07, 6.45) is -0.635. The van der Waals surface area contributed by atoms with E-state index in [1.807, 2.05) is 0 Å². The number of hydrogen-bond donors (Lipinski definition) is 2. The third-order valence-electron chi connectivity index (χ3n) is 3.20. The van der Waals surface area contributed by atoms with Crippen LogP contribution in [0, 0.1) is 10.1 Å². The molecule has 2 rings (SSSR count). The van der Waals surface area contributed by atoms with E-state index >= 15 is 0 Å². The average molecular weight is 269 g/mol. The van der Waals surface area contributed by atoms with Gasteiger partial charge in [0.2, 0.25) is 0 Å². The molecule has 8 nitrogen and oxygen atoms in total. The van der Waals surface area contributed by atoms with E-state index in [0.29, 0.717) is 6.54 Å². The summed E-state index contributed by atoms with van der Waals surface area (Å²) >= 11 is 0. The minimum atomic E-state index is -0.969. The number of nitrogens with zero attached hydrogens (tertiary/aromatic N) is 3. The third kappa shape index (κ3) is 2.45. The van der Waals surface area contributed by atoms with E-state index in [0.717, 1.165) is 0 Å². The summed E-state index contributed by atoms with van der Waals surface area (Å²) < 4.78 is 1.48. The normalized spacial score (nSPS) is 22.8. The van der Waals surface area contributed by atoms with Crippen molar-refractivity contribution in [2.75, 3.05) is 13.1 Å². The topological polar surface area (TPSA) is 109 Å². The van der Waals surface area contributed by atoms with Crippen LogP contribution in [0.5, 0.6) is 0 Å². The molecule has 1 saturated heterocycles. The molecule has 2 N–H and O–H groups in total. The van der Waals surface area contributed by atoms with Gasteiger partial charge in [-0.1, -0.05) is 0 Å². The Labute approximate surface area is 109 Å². The zero-order valence-electron chi connectivity index (χ0n) is 10.4. The van der Waals surface area contributed by atoms with Gasteiger partial charge in [-0.25, -0.2) is 0 Å². The molecule has 0 aromatic carbocycles. The van der Waals surface area contributed by atoms with Gasteiger partial charge in [0.05, 0.1) is 23.3 Å². The molecular formula is C11H15N3O5. The van der Waals surface area contributed by atoms with Gasteiger partial charge in [-0.05, 0) is 6.92 Å². The number of likely N-dealkylation sites (tertiary alicyclic amines) is 1. The van der Waals surface area contributed by atoms with Gasteiger partial charge in [-0.2, -0.15) is 0 Å². The number of β-amino-alcohol motifs (C(OH)–C–C–N with tert-alkyl or cyclic N) is 2. The fourth-order valence-corrected chi connectivity index (χ4v) is 2.13. The highest BCUT2D eigenvalue weighted by molar-refractivity contribution is 5.93. The molecule has 1 aliphatic rings. The van der Waals surface area contributed by atoms with Gasteiger partial charge in [-0.3, -0.25) is 14.9 Å². The molecule has 19 heavy (non-hydrogen) atoms. The highest BCUT2D eigenvalue weighted by atomic mass is 16.6. The number of aromatic nitrogens is 1. The summed E-state index contributed by atoms with van der Waals surface area (Å²) in [5.41, 5.74) is 0.0426. The van der Waals surface area contributed by atoms with Crippen LogP contribution in [0.25, 0.3) is 0 Å². The van der Waals surface area contributed by atoms with Crippen LogP contribution in [0.3, 0.4) is 0 Å². The quantitative estimate of drug-likeness (QED) is 0.573. The molecule has 1 aromatic heterocycles. The Balaban J connectivity index is 2.26.